The molecule has 0 unspecified atom stereocenters. The van der Waals surface area contributed by atoms with Crippen LogP contribution >= 0.6 is 0 Å². The van der Waals surface area contributed by atoms with Gasteiger partial charge in [-0.3, -0.25) is 0 Å². The first-order valence-corrected chi connectivity index (χ1v) is 6.96. The number of aliphatic hydroxyl groups excluding tert-OH is 2. The third-order valence-electron chi connectivity index (χ3n) is 2.53. The lowest BCUT2D eigenvalue weighted by atomic mass is 10.7. The Labute approximate surface area is 139 Å². The van der Waals surface area contributed by atoms with Gasteiger partial charge >= 0.3 is 0 Å². The van der Waals surface area contributed by atoms with E-state index in [1.165, 1.54) is 0 Å². The second-order valence-electron chi connectivity index (χ2n) is 4.66. The quantitative estimate of drug-likeness (QED) is 0.422. The van der Waals surface area contributed by atoms with Gasteiger partial charge in [-0.2, -0.15) is 0 Å². The van der Waals surface area contributed by atoms with Crippen LogP contribution in [0.3, 0.4) is 0 Å². The van der Waals surface area contributed by atoms with Gasteiger partial charge in [0.25, 0.3) is 0 Å². The summed E-state index contributed by atoms with van der Waals surface area (Å²) in [6.07, 6.45) is 11.6. The van der Waals surface area contributed by atoms with Crippen molar-refractivity contribution in [1.29, 1.82) is 0 Å². The van der Waals surface area contributed by atoms with E-state index in [1.54, 1.807) is 0 Å². The number of hydrogen-bond acceptors (Lipinski definition) is 6. The lowest BCUT2D eigenvalue weighted by molar-refractivity contribution is -0.671. The van der Waals surface area contributed by atoms with Crippen molar-refractivity contribution >= 4 is 11.9 Å². The number of aliphatic carboxylic acids is 2. The predicted molar refractivity (Wildman–Crippen MR) is 75.4 cm³/mol. The zero-order valence-electron chi connectivity index (χ0n) is 13.6. The largest absolute Gasteiger partial charge is 0.543 e. The summed E-state index contributed by atoms with van der Waals surface area (Å²) in [5.41, 5.74) is 0. The summed E-state index contributed by atoms with van der Waals surface area (Å²) in [4.78, 5) is 17.9. The highest BCUT2D eigenvalue weighted by atomic mass is 16.4. The third kappa shape index (κ3) is 10.1. The molecule has 134 valence electrons. The highest BCUT2D eigenvalue weighted by molar-refractivity contribution is 6.25. The molecular formula is C14H22N4O6. The van der Waals surface area contributed by atoms with Gasteiger partial charge in [-0.05, 0) is 0 Å². The molecule has 2 aromatic heterocycles. The molecule has 0 atom stereocenters. The number of carboxylic acids is 2. The number of imidazole rings is 2. The maximum Gasteiger partial charge on any atom is 0.243 e. The van der Waals surface area contributed by atoms with Crippen LogP contribution in [-0.2, 0) is 36.8 Å². The third-order valence-corrected chi connectivity index (χ3v) is 2.53. The monoisotopic (exact) mass is 342 g/mol. The first-order valence-electron chi connectivity index (χ1n) is 6.96. The van der Waals surface area contributed by atoms with Crippen molar-refractivity contribution in [3.8, 4) is 0 Å². The van der Waals surface area contributed by atoms with E-state index in [4.69, 9.17) is 30.0 Å². The summed E-state index contributed by atoms with van der Waals surface area (Å²) in [6, 6.07) is 0. The number of carboxylic acid groups (broad SMARTS) is 2. The molecule has 2 rings (SSSR count). The first kappa shape index (κ1) is 21.3. The molecular weight excluding hydrogens is 320 g/mol. The molecule has 0 aliphatic heterocycles. The van der Waals surface area contributed by atoms with Crippen LogP contribution in [0.2, 0.25) is 0 Å². The number of hydrogen-bond donors (Lipinski definition) is 2. The van der Waals surface area contributed by atoms with Crippen LogP contribution in [0.5, 0.6) is 0 Å². The van der Waals surface area contributed by atoms with E-state index in [0.717, 1.165) is 0 Å². The van der Waals surface area contributed by atoms with E-state index in [9.17, 15) is 0 Å². The number of aromatic nitrogens is 4. The Hall–Kier alpha value is -2.72. The van der Waals surface area contributed by atoms with Gasteiger partial charge in [0.05, 0.1) is 39.2 Å². The topological polar surface area (TPSA) is 138 Å². The molecule has 2 heterocycles. The molecule has 0 bridgehead atoms. The Morgan fingerprint density at radius 3 is 1.38 bits per heavy atom. The molecule has 10 heteroatoms. The maximum absolute atomic E-state index is 8.93. The molecule has 2 N–H and O–H groups in total. The minimum Gasteiger partial charge on any atom is -0.543 e. The number of aliphatic hydroxyl groups is 2. The van der Waals surface area contributed by atoms with Gasteiger partial charge in [0.15, 0.2) is 0 Å². The number of carbonyl (C=O) groups excluding carboxylic acids is 2. The molecule has 2 aromatic rings. The van der Waals surface area contributed by atoms with E-state index in [0.29, 0.717) is 13.1 Å². The first-order chi connectivity index (χ1) is 11.3. The van der Waals surface area contributed by atoms with Gasteiger partial charge in [-0.25, -0.2) is 18.3 Å². The fraction of sp³-hybridized carbons (Fsp3) is 0.429. The predicted octanol–water partition coefficient (Wildman–Crippen LogP) is -4.90. The van der Waals surface area contributed by atoms with Crippen molar-refractivity contribution in [2.75, 3.05) is 13.2 Å². The number of aryl methyl sites for hydroxylation is 2. The fourth-order valence-electron chi connectivity index (χ4n) is 1.50. The number of rotatable bonds is 4. The molecule has 0 aliphatic carbocycles. The highest BCUT2D eigenvalue weighted by Crippen LogP contribution is 1.80. The normalized spacial score (nSPS) is 9.33. The standard InChI is InChI=1S/2C6H11N2O.C2H2O4/c2*1-7-2-3-8(6-7)4-5-9;3-1(4)2(5)6/h2*2-3,6,9H,4-5H2,1H3;(H,3,4)(H,5,6)/q2*+1;/p-2. The van der Waals surface area contributed by atoms with Crippen molar-refractivity contribution in [3.05, 3.63) is 37.4 Å². The van der Waals surface area contributed by atoms with Crippen LogP contribution in [-0.4, -0.2) is 44.5 Å². The van der Waals surface area contributed by atoms with Crippen molar-refractivity contribution in [2.45, 2.75) is 13.1 Å². The zero-order chi connectivity index (χ0) is 18.5. The molecule has 24 heavy (non-hydrogen) atoms. The molecule has 0 saturated heterocycles. The Bertz CT molecular complexity index is 568. The molecule has 10 nitrogen and oxygen atoms in total. The van der Waals surface area contributed by atoms with Crippen molar-refractivity contribution in [3.63, 3.8) is 0 Å². The Morgan fingerprint density at radius 2 is 1.21 bits per heavy atom. The van der Waals surface area contributed by atoms with E-state index in [1.807, 2.05) is 69.8 Å². The smallest absolute Gasteiger partial charge is 0.243 e. The van der Waals surface area contributed by atoms with E-state index in [2.05, 4.69) is 0 Å². The van der Waals surface area contributed by atoms with Gasteiger partial charge in [0, 0.05) is 0 Å². The summed E-state index contributed by atoms with van der Waals surface area (Å²) in [7, 11) is 3.90. The van der Waals surface area contributed by atoms with Crippen LogP contribution in [0.25, 0.3) is 0 Å². The van der Waals surface area contributed by atoms with E-state index in [-0.39, 0.29) is 13.2 Å². The van der Waals surface area contributed by atoms with Gasteiger partial charge in [0.1, 0.15) is 37.9 Å². The zero-order valence-corrected chi connectivity index (χ0v) is 13.6. The van der Waals surface area contributed by atoms with E-state index < -0.39 is 11.9 Å². The van der Waals surface area contributed by atoms with Crippen molar-refractivity contribution < 1.29 is 39.1 Å². The Morgan fingerprint density at radius 1 is 0.875 bits per heavy atom. The molecule has 0 radical (unpaired) electrons. The van der Waals surface area contributed by atoms with Gasteiger partial charge < -0.3 is 30.0 Å². The maximum atomic E-state index is 8.93. The molecule has 0 aliphatic rings. The molecule has 0 fully saturated rings. The molecule has 0 aromatic carbocycles. The Balaban J connectivity index is 0.000000340. The van der Waals surface area contributed by atoms with Crippen LogP contribution in [0, 0.1) is 0 Å². The van der Waals surface area contributed by atoms with Crippen LogP contribution in [0.4, 0.5) is 0 Å². The van der Waals surface area contributed by atoms with Gasteiger partial charge in [-0.15, -0.1) is 0 Å². The summed E-state index contributed by atoms with van der Waals surface area (Å²) < 4.78 is 7.74. The fourth-order valence-corrected chi connectivity index (χ4v) is 1.50. The molecule has 0 saturated carbocycles. The number of carbonyl (C=O) groups is 2. The van der Waals surface area contributed by atoms with Crippen LogP contribution < -0.4 is 19.3 Å². The van der Waals surface area contributed by atoms with Gasteiger partial charge in [0.2, 0.25) is 12.7 Å². The lowest BCUT2D eigenvalue weighted by Gasteiger charge is -1.97. The van der Waals surface area contributed by atoms with Crippen molar-refractivity contribution in [1.82, 2.24) is 9.13 Å². The average Bonchev–Trinajstić information content (AvgIpc) is 3.10. The van der Waals surface area contributed by atoms with E-state index >= 15 is 0 Å². The van der Waals surface area contributed by atoms with Crippen molar-refractivity contribution in [2.24, 2.45) is 14.1 Å². The van der Waals surface area contributed by atoms with Crippen LogP contribution in [0.1, 0.15) is 0 Å². The minimum atomic E-state index is -2.19. The summed E-state index contributed by atoms with van der Waals surface area (Å²) >= 11 is 0. The van der Waals surface area contributed by atoms with Gasteiger partial charge in [-0.1, -0.05) is 0 Å². The summed E-state index contributed by atoms with van der Waals surface area (Å²) in [5, 5.41) is 34.8. The second-order valence-corrected chi connectivity index (χ2v) is 4.66. The minimum absolute atomic E-state index is 0.203. The average molecular weight is 342 g/mol. The van der Waals surface area contributed by atoms with Crippen LogP contribution in [0.15, 0.2) is 37.4 Å². The second kappa shape index (κ2) is 11.8. The SMILES string of the molecule is C[n+]1ccn(CCO)c1.C[n+]1ccn(CCO)c1.O=C([O-])C(=O)[O-]. The highest BCUT2D eigenvalue weighted by Gasteiger charge is 1.96. The summed E-state index contributed by atoms with van der Waals surface area (Å²) in [6.45, 7) is 1.77. The lowest BCUT2D eigenvalue weighted by Crippen LogP contribution is -2.42. The molecule has 0 spiro atoms. The Kier molecular flexibility index (Phi) is 10.5. The summed E-state index contributed by atoms with van der Waals surface area (Å²) in [5.74, 6) is -4.37. The molecule has 0 amide bonds. The number of nitrogens with zero attached hydrogens (tertiary/aromatic N) is 4.